The Kier molecular flexibility index (Phi) is 5.93. The molecule has 2 aromatic rings. The molecule has 1 amide bonds. The van der Waals surface area contributed by atoms with Gasteiger partial charge in [-0.25, -0.2) is 12.7 Å². The lowest BCUT2D eigenvalue weighted by Crippen LogP contribution is -2.22. The van der Waals surface area contributed by atoms with Crippen molar-refractivity contribution in [3.63, 3.8) is 0 Å². The molecular formula is C18H20N2O5S2. The van der Waals surface area contributed by atoms with E-state index in [9.17, 15) is 13.2 Å². The molecule has 3 rings (SSSR count). The average Bonchev–Trinajstić information content (AvgIpc) is 3.09. The zero-order valence-corrected chi connectivity index (χ0v) is 16.6. The van der Waals surface area contributed by atoms with Crippen molar-refractivity contribution in [2.75, 3.05) is 32.0 Å². The van der Waals surface area contributed by atoms with Crippen LogP contribution in [0.4, 0.5) is 5.69 Å². The molecule has 7 nitrogen and oxygen atoms in total. The summed E-state index contributed by atoms with van der Waals surface area (Å²) in [6.45, 7) is 0.233. The molecule has 0 bridgehead atoms. The van der Waals surface area contributed by atoms with Gasteiger partial charge in [0.25, 0.3) is 0 Å². The van der Waals surface area contributed by atoms with Crippen LogP contribution in [-0.2, 0) is 20.6 Å². The largest absolute Gasteiger partial charge is 0.454 e. The summed E-state index contributed by atoms with van der Waals surface area (Å²) in [6, 6.07) is 11.9. The lowest BCUT2D eigenvalue weighted by molar-refractivity contribution is -0.113. The number of nitrogens with zero attached hydrogens (tertiary/aromatic N) is 1. The van der Waals surface area contributed by atoms with Crippen molar-refractivity contribution < 1.29 is 22.7 Å². The average molecular weight is 409 g/mol. The fourth-order valence-corrected chi connectivity index (χ4v) is 4.16. The fourth-order valence-electron chi connectivity index (χ4n) is 2.43. The second kappa shape index (κ2) is 8.20. The van der Waals surface area contributed by atoms with Gasteiger partial charge in [0.2, 0.25) is 22.7 Å². The SMILES string of the molecule is CN(C)S(=O)(=O)c1cccc(NC(=O)CSCc2ccc3c(c2)OCO3)c1. The smallest absolute Gasteiger partial charge is 0.242 e. The van der Waals surface area contributed by atoms with Gasteiger partial charge >= 0.3 is 0 Å². The Morgan fingerprint density at radius 3 is 2.70 bits per heavy atom. The van der Waals surface area contributed by atoms with E-state index >= 15 is 0 Å². The first kappa shape index (κ1) is 19.5. The molecule has 1 heterocycles. The van der Waals surface area contributed by atoms with E-state index in [1.165, 1.54) is 38.0 Å². The van der Waals surface area contributed by atoms with Gasteiger partial charge in [0, 0.05) is 25.5 Å². The molecule has 1 N–H and O–H groups in total. The minimum atomic E-state index is -3.54. The summed E-state index contributed by atoms with van der Waals surface area (Å²) in [5, 5.41) is 2.73. The zero-order chi connectivity index (χ0) is 19.4. The van der Waals surface area contributed by atoms with Crippen LogP contribution in [0, 0.1) is 0 Å². The maximum atomic E-state index is 12.2. The van der Waals surface area contributed by atoms with Gasteiger partial charge in [-0.1, -0.05) is 12.1 Å². The van der Waals surface area contributed by atoms with Crippen LogP contribution < -0.4 is 14.8 Å². The van der Waals surface area contributed by atoms with E-state index in [2.05, 4.69) is 5.32 Å². The maximum Gasteiger partial charge on any atom is 0.242 e. The van der Waals surface area contributed by atoms with E-state index < -0.39 is 10.0 Å². The van der Waals surface area contributed by atoms with Crippen molar-refractivity contribution in [2.45, 2.75) is 10.6 Å². The Morgan fingerprint density at radius 1 is 1.15 bits per heavy atom. The van der Waals surface area contributed by atoms with Crippen LogP contribution in [0.15, 0.2) is 47.4 Å². The number of amides is 1. The third kappa shape index (κ3) is 4.74. The number of ether oxygens (including phenoxy) is 2. The van der Waals surface area contributed by atoms with Crippen LogP contribution in [0.2, 0.25) is 0 Å². The van der Waals surface area contributed by atoms with Crippen molar-refractivity contribution in [2.24, 2.45) is 0 Å². The van der Waals surface area contributed by atoms with Gasteiger partial charge in [-0.05, 0) is 35.9 Å². The number of benzene rings is 2. The Bertz CT molecular complexity index is 945. The molecule has 0 fully saturated rings. The van der Waals surface area contributed by atoms with Gasteiger partial charge in [0.15, 0.2) is 11.5 Å². The van der Waals surface area contributed by atoms with E-state index in [1.807, 2.05) is 18.2 Å². The lowest BCUT2D eigenvalue weighted by atomic mass is 10.2. The standard InChI is InChI=1S/C18H20N2O5S2/c1-20(2)27(22,23)15-5-3-4-14(9-15)19-18(21)11-26-10-13-6-7-16-17(8-13)25-12-24-16/h3-9H,10-12H2,1-2H3,(H,19,21). The molecule has 0 aliphatic carbocycles. The number of hydrogen-bond acceptors (Lipinski definition) is 6. The van der Waals surface area contributed by atoms with E-state index in [0.717, 1.165) is 21.4 Å². The summed E-state index contributed by atoms with van der Waals surface area (Å²) in [4.78, 5) is 12.3. The monoisotopic (exact) mass is 408 g/mol. The first-order valence-corrected chi connectivity index (χ1v) is 10.7. The number of anilines is 1. The predicted molar refractivity (Wildman–Crippen MR) is 105 cm³/mol. The lowest BCUT2D eigenvalue weighted by Gasteiger charge is -2.12. The van der Waals surface area contributed by atoms with Crippen LogP contribution in [-0.4, -0.2) is 45.3 Å². The molecule has 0 atom stereocenters. The van der Waals surface area contributed by atoms with Gasteiger partial charge < -0.3 is 14.8 Å². The van der Waals surface area contributed by atoms with Gasteiger partial charge in [0.05, 0.1) is 10.6 Å². The number of nitrogens with one attached hydrogen (secondary N) is 1. The van der Waals surface area contributed by atoms with Crippen molar-refractivity contribution >= 4 is 33.4 Å². The topological polar surface area (TPSA) is 84.9 Å². The summed E-state index contributed by atoms with van der Waals surface area (Å²) in [6.07, 6.45) is 0. The predicted octanol–water partition coefficient (Wildman–Crippen LogP) is 2.54. The normalized spacial score (nSPS) is 13.0. The fraction of sp³-hybridized carbons (Fsp3) is 0.278. The van der Waals surface area contributed by atoms with E-state index in [4.69, 9.17) is 9.47 Å². The molecule has 0 aromatic heterocycles. The first-order valence-electron chi connectivity index (χ1n) is 8.15. The third-order valence-electron chi connectivity index (χ3n) is 3.84. The highest BCUT2D eigenvalue weighted by Crippen LogP contribution is 2.33. The maximum absolute atomic E-state index is 12.2. The molecule has 1 aliphatic rings. The molecule has 0 saturated carbocycles. The van der Waals surface area contributed by atoms with Crippen LogP contribution in [0.1, 0.15) is 5.56 Å². The zero-order valence-electron chi connectivity index (χ0n) is 15.0. The third-order valence-corrected chi connectivity index (χ3v) is 6.65. The second-order valence-corrected chi connectivity index (χ2v) is 9.18. The number of fused-ring (bicyclic) bond motifs is 1. The molecular weight excluding hydrogens is 388 g/mol. The van der Waals surface area contributed by atoms with Crippen molar-refractivity contribution in [3.8, 4) is 11.5 Å². The van der Waals surface area contributed by atoms with E-state index in [-0.39, 0.29) is 23.3 Å². The highest BCUT2D eigenvalue weighted by Gasteiger charge is 2.18. The summed E-state index contributed by atoms with van der Waals surface area (Å²) in [5.74, 6) is 2.16. The summed E-state index contributed by atoms with van der Waals surface area (Å²) >= 11 is 1.46. The number of rotatable bonds is 7. The Hall–Kier alpha value is -2.23. The molecule has 0 radical (unpaired) electrons. The van der Waals surface area contributed by atoms with Crippen molar-refractivity contribution in [1.82, 2.24) is 4.31 Å². The molecule has 27 heavy (non-hydrogen) atoms. The number of carbonyl (C=O) groups is 1. The number of sulfonamides is 1. The number of carbonyl (C=O) groups excluding carboxylic acids is 1. The minimum absolute atomic E-state index is 0.137. The van der Waals surface area contributed by atoms with Crippen molar-refractivity contribution in [3.05, 3.63) is 48.0 Å². The minimum Gasteiger partial charge on any atom is -0.454 e. The molecule has 144 valence electrons. The summed E-state index contributed by atoms with van der Waals surface area (Å²) in [5.41, 5.74) is 1.49. The van der Waals surface area contributed by atoms with Gasteiger partial charge in [-0.3, -0.25) is 4.79 Å². The van der Waals surface area contributed by atoms with Gasteiger partial charge in [0.1, 0.15) is 0 Å². The van der Waals surface area contributed by atoms with Crippen LogP contribution in [0.25, 0.3) is 0 Å². The molecule has 0 spiro atoms. The van der Waals surface area contributed by atoms with Crippen LogP contribution in [0.5, 0.6) is 11.5 Å². The second-order valence-electron chi connectivity index (χ2n) is 6.04. The molecule has 0 unspecified atom stereocenters. The quantitative estimate of drug-likeness (QED) is 0.758. The van der Waals surface area contributed by atoms with Crippen molar-refractivity contribution in [1.29, 1.82) is 0 Å². The summed E-state index contributed by atoms with van der Waals surface area (Å²) in [7, 11) is -0.607. The molecule has 2 aromatic carbocycles. The van der Waals surface area contributed by atoms with E-state index in [1.54, 1.807) is 12.1 Å². The number of thioether (sulfide) groups is 1. The Morgan fingerprint density at radius 2 is 1.93 bits per heavy atom. The summed E-state index contributed by atoms with van der Waals surface area (Å²) < 4.78 is 36.1. The van der Waals surface area contributed by atoms with Crippen LogP contribution >= 0.6 is 11.8 Å². The van der Waals surface area contributed by atoms with Crippen LogP contribution in [0.3, 0.4) is 0 Å². The van der Waals surface area contributed by atoms with E-state index in [0.29, 0.717) is 11.4 Å². The van der Waals surface area contributed by atoms with Gasteiger partial charge in [-0.15, -0.1) is 11.8 Å². The molecule has 9 heteroatoms. The number of hydrogen-bond donors (Lipinski definition) is 1. The highest BCUT2D eigenvalue weighted by molar-refractivity contribution is 7.99. The molecule has 1 aliphatic heterocycles. The first-order chi connectivity index (χ1) is 12.9. The molecule has 0 saturated heterocycles. The Balaban J connectivity index is 1.54. The Labute approximate surface area is 162 Å². The highest BCUT2D eigenvalue weighted by atomic mass is 32.2. The van der Waals surface area contributed by atoms with Gasteiger partial charge in [-0.2, -0.15) is 0 Å².